The highest BCUT2D eigenvalue weighted by Crippen LogP contribution is 2.28. The van der Waals surface area contributed by atoms with Crippen molar-refractivity contribution >= 4 is 23.1 Å². The molecule has 7 heteroatoms. The molecule has 0 aliphatic carbocycles. The van der Waals surface area contributed by atoms with Gasteiger partial charge in [0.05, 0.1) is 12.6 Å². The van der Waals surface area contributed by atoms with Crippen LogP contribution in [0.2, 0.25) is 0 Å². The Morgan fingerprint density at radius 1 is 1.23 bits per heavy atom. The van der Waals surface area contributed by atoms with E-state index in [0.29, 0.717) is 5.16 Å². The lowest BCUT2D eigenvalue weighted by Crippen LogP contribution is -2.21. The van der Waals surface area contributed by atoms with Gasteiger partial charge in [-0.25, -0.2) is 15.0 Å². The molecule has 0 aliphatic rings. The van der Waals surface area contributed by atoms with E-state index in [0.717, 1.165) is 22.4 Å². The van der Waals surface area contributed by atoms with Crippen LogP contribution in [0, 0.1) is 0 Å². The Labute approximate surface area is 137 Å². The van der Waals surface area contributed by atoms with Crippen LogP contribution in [-0.4, -0.2) is 26.9 Å². The number of furan rings is 1. The molecule has 0 N–H and O–H groups in total. The van der Waals surface area contributed by atoms with E-state index in [1.54, 1.807) is 29.8 Å². The quantitative estimate of drug-likeness (QED) is 0.639. The third-order valence-electron chi connectivity index (χ3n) is 3.25. The van der Waals surface area contributed by atoms with Gasteiger partial charge in [-0.15, -0.1) is 11.3 Å². The molecule has 0 unspecified atom stereocenters. The van der Waals surface area contributed by atoms with Crippen LogP contribution >= 0.6 is 23.1 Å². The second-order valence-corrected chi connectivity index (χ2v) is 6.71. The van der Waals surface area contributed by atoms with Crippen molar-refractivity contribution in [2.24, 2.45) is 0 Å². The first-order valence-corrected chi connectivity index (χ1v) is 8.55. The summed E-state index contributed by atoms with van der Waals surface area (Å²) in [6.07, 6.45) is 5.29. The Hall–Kier alpha value is -1.70. The lowest BCUT2D eigenvalue weighted by molar-refractivity contribution is 0.226. The van der Waals surface area contributed by atoms with Crippen molar-refractivity contribution in [3.8, 4) is 0 Å². The molecule has 114 valence electrons. The molecule has 0 aliphatic heterocycles. The molecule has 5 nitrogen and oxygen atoms in total. The van der Waals surface area contributed by atoms with Gasteiger partial charge < -0.3 is 4.42 Å². The Bertz CT molecular complexity index is 699. The summed E-state index contributed by atoms with van der Waals surface area (Å²) in [4.78, 5) is 14.9. The highest BCUT2D eigenvalue weighted by Gasteiger charge is 2.16. The van der Waals surface area contributed by atoms with Gasteiger partial charge in [0.25, 0.3) is 0 Å². The van der Waals surface area contributed by atoms with E-state index < -0.39 is 0 Å². The largest absolute Gasteiger partial charge is 0.453 e. The van der Waals surface area contributed by atoms with E-state index >= 15 is 0 Å². The van der Waals surface area contributed by atoms with Crippen molar-refractivity contribution < 1.29 is 4.42 Å². The van der Waals surface area contributed by atoms with Crippen molar-refractivity contribution in [2.45, 2.75) is 29.8 Å². The summed E-state index contributed by atoms with van der Waals surface area (Å²) in [6.45, 7) is 2.88. The van der Waals surface area contributed by atoms with Gasteiger partial charge in [-0.05, 0) is 43.9 Å². The third-order valence-corrected chi connectivity index (χ3v) is 5.01. The van der Waals surface area contributed by atoms with E-state index in [1.165, 1.54) is 11.8 Å². The molecule has 3 aromatic rings. The number of hydrogen-bond donors (Lipinski definition) is 0. The summed E-state index contributed by atoms with van der Waals surface area (Å²) in [5.74, 6) is 0.921. The van der Waals surface area contributed by atoms with Gasteiger partial charge in [0.15, 0.2) is 10.2 Å². The highest BCUT2D eigenvalue weighted by atomic mass is 32.2. The minimum absolute atomic E-state index is 0.263. The standard InChI is InChI=1S/C15H16N4OS2/c1-11(14-16-8-9-21-14)19(2)10-12-4-5-13(20-12)22-15-17-6-3-7-18-15/h3-9,11H,10H2,1-2H3/t11-/m1/s1. The van der Waals surface area contributed by atoms with Crippen molar-refractivity contribution in [2.75, 3.05) is 7.05 Å². The topological polar surface area (TPSA) is 55.1 Å². The van der Waals surface area contributed by atoms with Crippen LogP contribution < -0.4 is 0 Å². The second-order valence-electron chi connectivity index (χ2n) is 4.82. The summed E-state index contributed by atoms with van der Waals surface area (Å²) in [7, 11) is 2.07. The molecule has 3 aromatic heterocycles. The average molecular weight is 332 g/mol. The van der Waals surface area contributed by atoms with Crippen LogP contribution in [0.3, 0.4) is 0 Å². The molecule has 3 heterocycles. The molecule has 22 heavy (non-hydrogen) atoms. The Kier molecular flexibility index (Phi) is 4.87. The molecule has 1 atom stereocenters. The van der Waals surface area contributed by atoms with Crippen molar-refractivity contribution in [1.82, 2.24) is 19.9 Å². The fraction of sp³-hybridized carbons (Fsp3) is 0.267. The maximum Gasteiger partial charge on any atom is 0.195 e. The third kappa shape index (κ3) is 3.73. The first-order valence-electron chi connectivity index (χ1n) is 6.85. The summed E-state index contributed by atoms with van der Waals surface area (Å²) in [5, 5.41) is 4.60. The molecule has 0 fully saturated rings. The summed E-state index contributed by atoms with van der Waals surface area (Å²) in [6, 6.07) is 6.01. The number of hydrogen-bond acceptors (Lipinski definition) is 7. The Balaban J connectivity index is 1.62. The van der Waals surface area contributed by atoms with Crippen LogP contribution in [0.5, 0.6) is 0 Å². The lowest BCUT2D eigenvalue weighted by atomic mass is 10.3. The summed E-state index contributed by atoms with van der Waals surface area (Å²) in [5.41, 5.74) is 0. The van der Waals surface area contributed by atoms with Gasteiger partial charge in [0, 0.05) is 24.0 Å². The monoisotopic (exact) mass is 332 g/mol. The lowest BCUT2D eigenvalue weighted by Gasteiger charge is -2.21. The zero-order valence-electron chi connectivity index (χ0n) is 12.3. The average Bonchev–Trinajstić information content (AvgIpc) is 3.19. The molecule has 0 spiro atoms. The fourth-order valence-corrected chi connectivity index (χ4v) is 3.39. The van der Waals surface area contributed by atoms with Crippen LogP contribution in [-0.2, 0) is 6.54 Å². The number of rotatable bonds is 6. The molecule has 0 amide bonds. The summed E-state index contributed by atoms with van der Waals surface area (Å²) < 4.78 is 5.85. The first kappa shape index (κ1) is 15.2. The Morgan fingerprint density at radius 3 is 2.77 bits per heavy atom. The van der Waals surface area contributed by atoms with Crippen molar-refractivity contribution in [1.29, 1.82) is 0 Å². The highest BCUT2D eigenvalue weighted by molar-refractivity contribution is 7.99. The van der Waals surface area contributed by atoms with Gasteiger partial charge in [-0.2, -0.15) is 0 Å². The van der Waals surface area contributed by atoms with E-state index in [-0.39, 0.29) is 6.04 Å². The molecule has 0 radical (unpaired) electrons. The van der Waals surface area contributed by atoms with Crippen LogP contribution in [0.1, 0.15) is 23.7 Å². The molecular weight excluding hydrogens is 316 g/mol. The maximum atomic E-state index is 5.85. The van der Waals surface area contributed by atoms with E-state index in [4.69, 9.17) is 4.42 Å². The Morgan fingerprint density at radius 2 is 2.05 bits per heavy atom. The molecule has 0 saturated carbocycles. The van der Waals surface area contributed by atoms with Gasteiger partial charge in [0.1, 0.15) is 10.8 Å². The summed E-state index contributed by atoms with van der Waals surface area (Å²) >= 11 is 3.10. The van der Waals surface area contributed by atoms with E-state index in [2.05, 4.69) is 33.8 Å². The minimum Gasteiger partial charge on any atom is -0.453 e. The smallest absolute Gasteiger partial charge is 0.195 e. The van der Waals surface area contributed by atoms with E-state index in [1.807, 2.05) is 23.7 Å². The SMILES string of the molecule is C[C@H](c1nccs1)N(C)Cc1ccc(Sc2ncccn2)o1. The van der Waals surface area contributed by atoms with Gasteiger partial charge in [0.2, 0.25) is 0 Å². The molecule has 3 rings (SSSR count). The van der Waals surface area contributed by atoms with Crippen LogP contribution in [0.25, 0.3) is 0 Å². The number of aromatic nitrogens is 3. The number of thiazole rings is 1. The predicted molar refractivity (Wildman–Crippen MR) is 86.9 cm³/mol. The van der Waals surface area contributed by atoms with Crippen LogP contribution in [0.4, 0.5) is 0 Å². The van der Waals surface area contributed by atoms with Gasteiger partial charge >= 0.3 is 0 Å². The van der Waals surface area contributed by atoms with E-state index in [9.17, 15) is 0 Å². The molecule has 0 aromatic carbocycles. The normalized spacial score (nSPS) is 12.7. The maximum absolute atomic E-state index is 5.85. The van der Waals surface area contributed by atoms with Gasteiger partial charge in [-0.3, -0.25) is 4.90 Å². The van der Waals surface area contributed by atoms with Crippen LogP contribution in [0.15, 0.2) is 56.8 Å². The first-order chi connectivity index (χ1) is 10.7. The molecule has 0 bridgehead atoms. The predicted octanol–water partition coefficient (Wildman–Crippen LogP) is 3.87. The second kappa shape index (κ2) is 7.04. The molecule has 0 saturated heterocycles. The minimum atomic E-state index is 0.263. The van der Waals surface area contributed by atoms with Crippen molar-refractivity contribution in [3.05, 3.63) is 52.9 Å². The molecular formula is C15H16N4OS2. The zero-order valence-corrected chi connectivity index (χ0v) is 14.0. The fourth-order valence-electron chi connectivity index (χ4n) is 1.94. The zero-order chi connectivity index (χ0) is 15.4. The van der Waals surface area contributed by atoms with Crippen molar-refractivity contribution in [3.63, 3.8) is 0 Å². The van der Waals surface area contributed by atoms with Gasteiger partial charge in [-0.1, -0.05) is 0 Å². The number of nitrogens with zero attached hydrogens (tertiary/aromatic N) is 4.